The van der Waals surface area contributed by atoms with E-state index in [0.29, 0.717) is 17.7 Å². The number of piperidine rings is 1. The Labute approximate surface area is 165 Å². The molecule has 6 nitrogen and oxygen atoms in total. The molecule has 2 aliphatic heterocycles. The zero-order valence-corrected chi connectivity index (χ0v) is 16.1. The van der Waals surface area contributed by atoms with E-state index in [0.717, 1.165) is 57.9 Å². The molecule has 1 aromatic rings. The molecule has 2 saturated heterocycles. The number of likely N-dealkylation sites (tertiary alicyclic amines) is 2. The van der Waals surface area contributed by atoms with Crippen molar-refractivity contribution < 1.29 is 14.7 Å². The zero-order valence-electron chi connectivity index (χ0n) is 16.1. The van der Waals surface area contributed by atoms with Crippen LogP contribution in [0.2, 0.25) is 0 Å². The van der Waals surface area contributed by atoms with Crippen molar-refractivity contribution in [3.63, 3.8) is 0 Å². The number of nitriles is 1. The Morgan fingerprint density at radius 2 is 1.71 bits per heavy atom. The first-order valence-corrected chi connectivity index (χ1v) is 10.4. The first-order valence-electron chi connectivity index (χ1n) is 10.4. The predicted molar refractivity (Wildman–Crippen MR) is 103 cm³/mol. The van der Waals surface area contributed by atoms with E-state index < -0.39 is 5.54 Å². The monoisotopic (exact) mass is 381 g/mol. The quantitative estimate of drug-likeness (QED) is 0.853. The number of hydrogen-bond donors (Lipinski definition) is 1. The van der Waals surface area contributed by atoms with Crippen molar-refractivity contribution in [1.82, 2.24) is 9.80 Å². The molecule has 1 N–H and O–H groups in total. The van der Waals surface area contributed by atoms with Crippen LogP contribution in [0.4, 0.5) is 0 Å². The minimum absolute atomic E-state index is 0.0969. The first-order chi connectivity index (χ1) is 13.5. The van der Waals surface area contributed by atoms with Crippen molar-refractivity contribution in [3.05, 3.63) is 35.4 Å². The number of carbonyl (C=O) groups is 2. The number of nitrogens with zero attached hydrogens (tertiary/aromatic N) is 3. The number of benzene rings is 1. The van der Waals surface area contributed by atoms with Crippen molar-refractivity contribution >= 4 is 11.8 Å². The van der Waals surface area contributed by atoms with Gasteiger partial charge in [-0.2, -0.15) is 5.26 Å². The summed E-state index contributed by atoms with van der Waals surface area (Å²) < 4.78 is 0. The van der Waals surface area contributed by atoms with Gasteiger partial charge >= 0.3 is 0 Å². The molecule has 4 rings (SSSR count). The van der Waals surface area contributed by atoms with Crippen LogP contribution in [0.25, 0.3) is 0 Å². The average molecular weight is 381 g/mol. The van der Waals surface area contributed by atoms with E-state index in [2.05, 4.69) is 6.07 Å². The number of aliphatic hydroxyl groups is 1. The minimum Gasteiger partial charge on any atom is -0.393 e. The minimum atomic E-state index is -0.723. The Bertz CT molecular complexity index is 792. The number of amides is 2. The lowest BCUT2D eigenvalue weighted by molar-refractivity contribution is -0.149. The molecule has 0 bridgehead atoms. The van der Waals surface area contributed by atoms with Crippen LogP contribution >= 0.6 is 0 Å². The molecule has 0 radical (unpaired) electrons. The van der Waals surface area contributed by atoms with Gasteiger partial charge in [0.25, 0.3) is 5.91 Å². The highest BCUT2D eigenvalue weighted by Gasteiger charge is 2.53. The van der Waals surface area contributed by atoms with Crippen LogP contribution < -0.4 is 0 Å². The van der Waals surface area contributed by atoms with Crippen LogP contribution in [0.3, 0.4) is 0 Å². The average Bonchev–Trinajstić information content (AvgIpc) is 3.15. The predicted octanol–water partition coefficient (Wildman–Crippen LogP) is 2.46. The Morgan fingerprint density at radius 3 is 2.36 bits per heavy atom. The second kappa shape index (κ2) is 7.56. The molecular formula is C22H27N3O3. The van der Waals surface area contributed by atoms with E-state index in [-0.39, 0.29) is 24.0 Å². The molecule has 0 aromatic heterocycles. The third-order valence-corrected chi connectivity index (χ3v) is 6.75. The van der Waals surface area contributed by atoms with Crippen molar-refractivity contribution in [2.45, 2.75) is 69.1 Å². The number of rotatable bonds is 2. The Kier molecular flexibility index (Phi) is 5.11. The lowest BCUT2D eigenvalue weighted by Gasteiger charge is -2.48. The molecule has 1 atom stereocenters. The smallest absolute Gasteiger partial charge is 0.254 e. The van der Waals surface area contributed by atoms with Gasteiger partial charge < -0.3 is 14.9 Å². The van der Waals surface area contributed by atoms with Gasteiger partial charge in [-0.05, 0) is 75.6 Å². The fraction of sp³-hybridized carbons (Fsp3) is 0.591. The lowest BCUT2D eigenvalue weighted by Crippen LogP contribution is -2.63. The third kappa shape index (κ3) is 3.18. The maximum atomic E-state index is 13.6. The summed E-state index contributed by atoms with van der Waals surface area (Å²) in [6, 6.07) is 8.91. The molecular weight excluding hydrogens is 354 g/mol. The van der Waals surface area contributed by atoms with Crippen LogP contribution in [0.5, 0.6) is 0 Å². The van der Waals surface area contributed by atoms with E-state index in [1.165, 1.54) is 0 Å². The van der Waals surface area contributed by atoms with Gasteiger partial charge in [-0.1, -0.05) is 0 Å². The van der Waals surface area contributed by atoms with E-state index in [1.807, 2.05) is 4.90 Å². The molecule has 2 amide bonds. The molecule has 1 aliphatic carbocycles. The third-order valence-electron chi connectivity index (χ3n) is 6.75. The molecule has 3 fully saturated rings. The molecule has 1 saturated carbocycles. The van der Waals surface area contributed by atoms with Gasteiger partial charge in [0.2, 0.25) is 5.91 Å². The van der Waals surface area contributed by atoms with E-state index >= 15 is 0 Å². The molecule has 1 aromatic carbocycles. The van der Waals surface area contributed by atoms with Crippen molar-refractivity contribution in [2.24, 2.45) is 0 Å². The summed E-state index contributed by atoms with van der Waals surface area (Å²) in [5.74, 6) is -0.0177. The highest BCUT2D eigenvalue weighted by molar-refractivity contribution is 6.00. The fourth-order valence-corrected chi connectivity index (χ4v) is 5.24. The van der Waals surface area contributed by atoms with Gasteiger partial charge in [0.05, 0.1) is 17.7 Å². The van der Waals surface area contributed by atoms with Gasteiger partial charge in [0.1, 0.15) is 5.54 Å². The highest BCUT2D eigenvalue weighted by Crippen LogP contribution is 2.41. The largest absolute Gasteiger partial charge is 0.393 e. The first kappa shape index (κ1) is 18.9. The standard InChI is InChI=1S/C22H27N3O3/c23-15-16-3-5-17(6-4-16)20(27)25-14-2-12-22(25)11-1-13-24(21(22)28)18-7-9-19(26)10-8-18/h3-6,18-19,26H,1-2,7-14H2. The van der Waals surface area contributed by atoms with Gasteiger partial charge in [0.15, 0.2) is 0 Å². The molecule has 1 spiro atoms. The molecule has 1 unspecified atom stereocenters. The molecule has 2 heterocycles. The van der Waals surface area contributed by atoms with Gasteiger partial charge in [-0.15, -0.1) is 0 Å². The zero-order chi connectivity index (χ0) is 19.7. The van der Waals surface area contributed by atoms with Crippen molar-refractivity contribution in [3.8, 4) is 6.07 Å². The fourth-order valence-electron chi connectivity index (χ4n) is 5.24. The van der Waals surface area contributed by atoms with Crippen molar-refractivity contribution in [2.75, 3.05) is 13.1 Å². The number of carbonyl (C=O) groups excluding carboxylic acids is 2. The van der Waals surface area contributed by atoms with Gasteiger partial charge in [-0.25, -0.2) is 0 Å². The van der Waals surface area contributed by atoms with Crippen LogP contribution in [0, 0.1) is 11.3 Å². The molecule has 28 heavy (non-hydrogen) atoms. The highest BCUT2D eigenvalue weighted by atomic mass is 16.3. The van der Waals surface area contributed by atoms with E-state index in [9.17, 15) is 14.7 Å². The second-order valence-electron chi connectivity index (χ2n) is 8.35. The summed E-state index contributed by atoms with van der Waals surface area (Å²) in [6.45, 7) is 1.35. The summed E-state index contributed by atoms with van der Waals surface area (Å²) >= 11 is 0. The molecule has 6 heteroatoms. The van der Waals surface area contributed by atoms with E-state index in [1.54, 1.807) is 29.2 Å². The summed E-state index contributed by atoms with van der Waals surface area (Å²) in [6.07, 6.45) is 6.11. The topological polar surface area (TPSA) is 84.6 Å². The Hall–Kier alpha value is -2.39. The van der Waals surface area contributed by atoms with Crippen LogP contribution in [0.15, 0.2) is 24.3 Å². The number of aliphatic hydroxyl groups excluding tert-OH is 1. The normalized spacial score (nSPS) is 30.5. The Balaban J connectivity index is 1.57. The summed E-state index contributed by atoms with van der Waals surface area (Å²) in [5, 5.41) is 18.8. The van der Waals surface area contributed by atoms with Crippen LogP contribution in [-0.4, -0.2) is 57.5 Å². The van der Waals surface area contributed by atoms with Crippen molar-refractivity contribution in [1.29, 1.82) is 5.26 Å². The van der Waals surface area contributed by atoms with Crippen LogP contribution in [-0.2, 0) is 4.79 Å². The van der Waals surface area contributed by atoms with Gasteiger partial charge in [0, 0.05) is 24.7 Å². The van der Waals surface area contributed by atoms with E-state index in [4.69, 9.17) is 5.26 Å². The summed E-state index contributed by atoms with van der Waals surface area (Å²) in [4.78, 5) is 30.6. The number of hydrogen-bond acceptors (Lipinski definition) is 4. The Morgan fingerprint density at radius 1 is 1.07 bits per heavy atom. The lowest BCUT2D eigenvalue weighted by atomic mass is 9.82. The summed E-state index contributed by atoms with van der Waals surface area (Å²) in [7, 11) is 0. The maximum Gasteiger partial charge on any atom is 0.254 e. The molecule has 3 aliphatic rings. The SMILES string of the molecule is N#Cc1ccc(C(=O)N2CCCC23CCCN(C2CCC(O)CC2)C3=O)cc1. The summed E-state index contributed by atoms with van der Waals surface area (Å²) in [5.41, 5.74) is 0.331. The van der Waals surface area contributed by atoms with Crippen LogP contribution in [0.1, 0.15) is 67.3 Å². The van der Waals surface area contributed by atoms with Gasteiger partial charge in [-0.3, -0.25) is 9.59 Å². The second-order valence-corrected chi connectivity index (χ2v) is 8.35. The maximum absolute atomic E-state index is 13.6. The molecule has 148 valence electrons.